The number of aryl methyl sites for hydroxylation is 1. The molecule has 0 aliphatic carbocycles. The summed E-state index contributed by atoms with van der Waals surface area (Å²) in [4.78, 5) is 12.6. The Bertz CT molecular complexity index is 934. The van der Waals surface area contributed by atoms with Crippen LogP contribution in [0.4, 0.5) is 0 Å². The lowest BCUT2D eigenvalue weighted by Crippen LogP contribution is -2.42. The summed E-state index contributed by atoms with van der Waals surface area (Å²) in [6.07, 6.45) is 1.36. The van der Waals surface area contributed by atoms with E-state index in [9.17, 15) is 13.2 Å². The fourth-order valence-electron chi connectivity index (χ4n) is 3.55. The van der Waals surface area contributed by atoms with Gasteiger partial charge in [-0.05, 0) is 48.9 Å². The van der Waals surface area contributed by atoms with Crippen molar-refractivity contribution < 1.29 is 13.2 Å². The SMILES string of the molecule is Cc1ccccc1CNC(=O)C(C)C1CCN(S(=O)(=O)c2ccc(Cl)s2)CC1. The largest absolute Gasteiger partial charge is 0.352 e. The van der Waals surface area contributed by atoms with Gasteiger partial charge in [-0.2, -0.15) is 4.31 Å². The molecule has 2 aromatic rings. The molecule has 1 aromatic heterocycles. The summed E-state index contributed by atoms with van der Waals surface area (Å²) in [7, 11) is -3.49. The summed E-state index contributed by atoms with van der Waals surface area (Å²) in [5, 5.41) is 3.02. The van der Waals surface area contributed by atoms with Crippen molar-refractivity contribution in [1.29, 1.82) is 0 Å². The van der Waals surface area contributed by atoms with E-state index in [2.05, 4.69) is 5.32 Å². The lowest BCUT2D eigenvalue weighted by molar-refractivity contribution is -0.126. The highest BCUT2D eigenvalue weighted by Crippen LogP contribution is 2.32. The number of carbonyl (C=O) groups is 1. The maximum absolute atomic E-state index is 12.7. The van der Waals surface area contributed by atoms with Gasteiger partial charge in [0, 0.05) is 25.6 Å². The van der Waals surface area contributed by atoms with E-state index in [0.717, 1.165) is 22.5 Å². The molecule has 0 spiro atoms. The molecule has 0 bridgehead atoms. The van der Waals surface area contributed by atoms with Crippen LogP contribution in [-0.4, -0.2) is 31.7 Å². The number of hydrogen-bond acceptors (Lipinski definition) is 4. The molecule has 8 heteroatoms. The molecule has 1 saturated heterocycles. The molecular weight excluding hydrogens is 416 g/mol. The molecular formula is C20H25ClN2O3S2. The van der Waals surface area contributed by atoms with E-state index in [4.69, 9.17) is 11.6 Å². The van der Waals surface area contributed by atoms with Gasteiger partial charge in [0.25, 0.3) is 10.0 Å². The van der Waals surface area contributed by atoms with Gasteiger partial charge in [-0.25, -0.2) is 8.42 Å². The van der Waals surface area contributed by atoms with Crippen molar-refractivity contribution in [3.8, 4) is 0 Å². The Hall–Kier alpha value is -1.41. The number of hydrogen-bond donors (Lipinski definition) is 1. The summed E-state index contributed by atoms with van der Waals surface area (Å²) >= 11 is 6.96. The van der Waals surface area contributed by atoms with Gasteiger partial charge < -0.3 is 5.32 Å². The third kappa shape index (κ3) is 4.76. The van der Waals surface area contributed by atoms with Crippen molar-refractivity contribution in [2.75, 3.05) is 13.1 Å². The molecule has 1 amide bonds. The first-order chi connectivity index (χ1) is 13.3. The standard InChI is InChI=1S/C20H25ClN2O3S2/c1-14-5-3-4-6-17(14)13-22-20(24)15(2)16-9-11-23(12-10-16)28(25,26)19-8-7-18(21)27-19/h3-8,15-16H,9-13H2,1-2H3,(H,22,24). The normalized spacial score (nSPS) is 17.4. The lowest BCUT2D eigenvalue weighted by atomic mass is 9.85. The highest BCUT2D eigenvalue weighted by molar-refractivity contribution is 7.91. The van der Waals surface area contributed by atoms with Gasteiger partial charge in [0.1, 0.15) is 4.21 Å². The minimum atomic E-state index is -3.49. The smallest absolute Gasteiger partial charge is 0.252 e. The molecule has 1 unspecified atom stereocenters. The number of piperidine rings is 1. The summed E-state index contributed by atoms with van der Waals surface area (Å²) in [6, 6.07) is 11.1. The maximum atomic E-state index is 12.7. The molecule has 1 atom stereocenters. The van der Waals surface area contributed by atoms with Crippen LogP contribution < -0.4 is 5.32 Å². The van der Waals surface area contributed by atoms with Crippen molar-refractivity contribution in [3.05, 3.63) is 51.9 Å². The van der Waals surface area contributed by atoms with E-state index in [1.54, 1.807) is 12.1 Å². The van der Waals surface area contributed by atoms with E-state index in [1.165, 1.54) is 4.31 Å². The molecule has 5 nitrogen and oxygen atoms in total. The van der Waals surface area contributed by atoms with Crippen LogP contribution in [0.3, 0.4) is 0 Å². The average molecular weight is 441 g/mol. The number of nitrogens with zero attached hydrogens (tertiary/aromatic N) is 1. The molecule has 1 fully saturated rings. The number of thiophene rings is 1. The second-order valence-electron chi connectivity index (χ2n) is 7.23. The summed E-state index contributed by atoms with van der Waals surface area (Å²) in [6.45, 7) is 5.33. The van der Waals surface area contributed by atoms with Gasteiger partial charge >= 0.3 is 0 Å². The second kappa shape index (κ2) is 8.95. The molecule has 0 saturated carbocycles. The van der Waals surface area contributed by atoms with Crippen LogP contribution in [-0.2, 0) is 21.4 Å². The van der Waals surface area contributed by atoms with Gasteiger partial charge in [0.2, 0.25) is 5.91 Å². The lowest BCUT2D eigenvalue weighted by Gasteiger charge is -2.33. The van der Waals surface area contributed by atoms with Crippen LogP contribution in [0.5, 0.6) is 0 Å². The Morgan fingerprint density at radius 2 is 1.93 bits per heavy atom. The quantitative estimate of drug-likeness (QED) is 0.736. The monoisotopic (exact) mass is 440 g/mol. The maximum Gasteiger partial charge on any atom is 0.252 e. The average Bonchev–Trinajstić information content (AvgIpc) is 3.14. The molecule has 0 radical (unpaired) electrons. The van der Waals surface area contributed by atoms with Gasteiger partial charge in [-0.15, -0.1) is 11.3 Å². The van der Waals surface area contributed by atoms with E-state index in [0.29, 0.717) is 36.8 Å². The van der Waals surface area contributed by atoms with E-state index in [1.807, 2.05) is 38.1 Å². The minimum absolute atomic E-state index is 0.0228. The molecule has 2 heterocycles. The third-order valence-electron chi connectivity index (χ3n) is 5.48. The predicted octanol–water partition coefficient (Wildman–Crippen LogP) is 4.06. The van der Waals surface area contributed by atoms with Gasteiger partial charge in [-0.1, -0.05) is 42.8 Å². The molecule has 1 aliphatic rings. The van der Waals surface area contributed by atoms with Crippen LogP contribution in [0.25, 0.3) is 0 Å². The minimum Gasteiger partial charge on any atom is -0.352 e. The van der Waals surface area contributed by atoms with Crippen LogP contribution >= 0.6 is 22.9 Å². The highest BCUT2D eigenvalue weighted by Gasteiger charge is 2.34. The zero-order valence-corrected chi connectivity index (χ0v) is 18.4. The van der Waals surface area contributed by atoms with Crippen LogP contribution in [0.2, 0.25) is 4.34 Å². The van der Waals surface area contributed by atoms with E-state index < -0.39 is 10.0 Å². The Morgan fingerprint density at radius 1 is 1.25 bits per heavy atom. The number of benzene rings is 1. The molecule has 1 aromatic carbocycles. The fraction of sp³-hybridized carbons (Fsp3) is 0.450. The number of halogens is 1. The Kier molecular flexibility index (Phi) is 6.81. The Labute approximate surface area is 175 Å². The molecule has 1 N–H and O–H groups in total. The molecule has 3 rings (SSSR count). The number of carbonyl (C=O) groups excluding carboxylic acids is 1. The van der Waals surface area contributed by atoms with Crippen molar-refractivity contribution in [1.82, 2.24) is 9.62 Å². The molecule has 152 valence electrons. The molecule has 1 aliphatic heterocycles. The summed E-state index contributed by atoms with van der Waals surface area (Å²) in [5.74, 6) is 0.0508. The number of nitrogens with one attached hydrogen (secondary N) is 1. The zero-order chi connectivity index (χ0) is 20.3. The summed E-state index contributed by atoms with van der Waals surface area (Å²) in [5.41, 5.74) is 2.27. The summed E-state index contributed by atoms with van der Waals surface area (Å²) < 4.78 is 27.6. The number of amides is 1. The topological polar surface area (TPSA) is 66.5 Å². The van der Waals surface area contributed by atoms with Gasteiger partial charge in [0.15, 0.2) is 0 Å². The van der Waals surface area contributed by atoms with Crippen LogP contribution in [0.1, 0.15) is 30.9 Å². The first-order valence-corrected chi connectivity index (χ1v) is 12.0. The third-order valence-corrected chi connectivity index (χ3v) is 9.07. The van der Waals surface area contributed by atoms with Gasteiger partial charge in [-0.3, -0.25) is 4.79 Å². The first-order valence-electron chi connectivity index (χ1n) is 9.36. The van der Waals surface area contributed by atoms with E-state index >= 15 is 0 Å². The molecule has 28 heavy (non-hydrogen) atoms. The van der Waals surface area contributed by atoms with Crippen LogP contribution in [0, 0.1) is 18.8 Å². The van der Waals surface area contributed by atoms with Crippen molar-refractivity contribution in [3.63, 3.8) is 0 Å². The Balaban J connectivity index is 1.54. The highest BCUT2D eigenvalue weighted by atomic mass is 35.5. The van der Waals surface area contributed by atoms with Gasteiger partial charge in [0.05, 0.1) is 4.34 Å². The second-order valence-corrected chi connectivity index (χ2v) is 11.1. The first kappa shape index (κ1) is 21.3. The van der Waals surface area contributed by atoms with Crippen molar-refractivity contribution in [2.45, 2.75) is 37.4 Å². The van der Waals surface area contributed by atoms with Crippen molar-refractivity contribution >= 4 is 38.9 Å². The number of rotatable bonds is 6. The number of sulfonamides is 1. The predicted molar refractivity (Wildman–Crippen MR) is 113 cm³/mol. The fourth-order valence-corrected chi connectivity index (χ4v) is 6.65. The Morgan fingerprint density at radius 3 is 2.54 bits per heavy atom. The van der Waals surface area contributed by atoms with E-state index in [-0.39, 0.29) is 22.0 Å². The van der Waals surface area contributed by atoms with Crippen molar-refractivity contribution in [2.24, 2.45) is 11.8 Å². The van der Waals surface area contributed by atoms with Crippen LogP contribution in [0.15, 0.2) is 40.6 Å². The zero-order valence-electron chi connectivity index (χ0n) is 16.0.